The van der Waals surface area contributed by atoms with E-state index in [4.69, 9.17) is 0 Å². The Morgan fingerprint density at radius 2 is 1.90 bits per heavy atom. The molecule has 20 heavy (non-hydrogen) atoms. The van der Waals surface area contributed by atoms with Crippen LogP contribution in [-0.4, -0.2) is 47.2 Å². The van der Waals surface area contributed by atoms with E-state index in [0.717, 1.165) is 45.2 Å². The van der Waals surface area contributed by atoms with Crippen molar-refractivity contribution in [2.45, 2.75) is 69.6 Å². The Balaban J connectivity index is 1.61. The maximum absolute atomic E-state index is 13.3. The van der Waals surface area contributed by atoms with E-state index in [9.17, 15) is 9.90 Å². The molecule has 3 heterocycles. The van der Waals surface area contributed by atoms with Crippen molar-refractivity contribution in [3.8, 4) is 0 Å². The van der Waals surface area contributed by atoms with Crippen LogP contribution < -0.4 is 5.32 Å². The maximum Gasteiger partial charge on any atom is 0.230 e. The molecule has 0 radical (unpaired) electrons. The number of rotatable bonds is 1. The third kappa shape index (κ3) is 1.77. The van der Waals surface area contributed by atoms with Gasteiger partial charge in [-0.05, 0) is 51.0 Å². The average Bonchev–Trinajstić information content (AvgIpc) is 2.99. The Morgan fingerprint density at radius 1 is 1.15 bits per heavy atom. The number of hydrogen-bond acceptors (Lipinski definition) is 3. The summed E-state index contributed by atoms with van der Waals surface area (Å²) in [4.78, 5) is 15.5. The highest BCUT2D eigenvalue weighted by molar-refractivity contribution is 5.85. The van der Waals surface area contributed by atoms with Crippen molar-refractivity contribution in [2.24, 2.45) is 11.3 Å². The number of nitrogens with one attached hydrogen (secondary N) is 1. The molecular formula is C16H26N2O2. The van der Waals surface area contributed by atoms with Gasteiger partial charge in [-0.3, -0.25) is 4.79 Å². The van der Waals surface area contributed by atoms with Crippen LogP contribution in [0.4, 0.5) is 0 Å². The second kappa shape index (κ2) is 4.70. The summed E-state index contributed by atoms with van der Waals surface area (Å²) in [5, 5.41) is 13.4. The van der Waals surface area contributed by atoms with Crippen molar-refractivity contribution < 1.29 is 9.90 Å². The highest BCUT2D eigenvalue weighted by atomic mass is 16.3. The topological polar surface area (TPSA) is 52.6 Å². The molecule has 1 aliphatic carbocycles. The minimum Gasteiger partial charge on any atom is -0.393 e. The molecule has 4 atom stereocenters. The van der Waals surface area contributed by atoms with Gasteiger partial charge >= 0.3 is 0 Å². The van der Waals surface area contributed by atoms with Crippen LogP contribution in [-0.2, 0) is 4.79 Å². The Bertz CT molecular complexity index is 399. The quantitative estimate of drug-likeness (QED) is 0.760. The zero-order chi connectivity index (χ0) is 13.7. The molecule has 2 N–H and O–H groups in total. The fraction of sp³-hybridized carbons (Fsp3) is 0.938. The molecule has 3 aliphatic heterocycles. The number of hydrogen-bond donors (Lipinski definition) is 2. The number of carbonyl (C=O) groups excluding carboxylic acids is 1. The second-order valence-electron chi connectivity index (χ2n) is 7.45. The van der Waals surface area contributed by atoms with E-state index < -0.39 is 0 Å². The van der Waals surface area contributed by atoms with E-state index in [-0.39, 0.29) is 11.5 Å². The molecule has 1 saturated carbocycles. The van der Waals surface area contributed by atoms with Crippen LogP contribution in [0, 0.1) is 11.3 Å². The van der Waals surface area contributed by atoms with Crippen LogP contribution in [0.5, 0.6) is 0 Å². The molecule has 3 saturated heterocycles. The molecule has 2 bridgehead atoms. The van der Waals surface area contributed by atoms with Crippen molar-refractivity contribution in [2.75, 3.05) is 13.1 Å². The normalized spacial score (nSPS) is 47.4. The first-order valence-corrected chi connectivity index (χ1v) is 8.42. The molecule has 4 fully saturated rings. The van der Waals surface area contributed by atoms with Crippen molar-refractivity contribution >= 4 is 5.91 Å². The van der Waals surface area contributed by atoms with Crippen molar-refractivity contribution in [1.29, 1.82) is 0 Å². The SMILES string of the molecule is O=C(N1C2CCC1CC(O)C2)[C@@]12CCCC[C@H]1CNC2. The summed E-state index contributed by atoms with van der Waals surface area (Å²) in [5.41, 5.74) is -0.110. The van der Waals surface area contributed by atoms with Gasteiger partial charge in [-0.1, -0.05) is 12.8 Å². The van der Waals surface area contributed by atoms with Gasteiger partial charge in [0.25, 0.3) is 0 Å². The fourth-order valence-corrected chi connectivity index (χ4v) is 5.41. The summed E-state index contributed by atoms with van der Waals surface area (Å²) in [6, 6.07) is 0.627. The van der Waals surface area contributed by atoms with Gasteiger partial charge in [0, 0.05) is 18.6 Å². The van der Waals surface area contributed by atoms with Gasteiger partial charge in [0.2, 0.25) is 5.91 Å². The Hall–Kier alpha value is -0.610. The third-order valence-corrected chi connectivity index (χ3v) is 6.41. The number of piperidine rings is 1. The molecule has 4 aliphatic rings. The lowest BCUT2D eigenvalue weighted by Crippen LogP contribution is -2.56. The zero-order valence-corrected chi connectivity index (χ0v) is 12.2. The van der Waals surface area contributed by atoms with Gasteiger partial charge in [-0.2, -0.15) is 0 Å². The molecule has 0 spiro atoms. The number of nitrogens with zero attached hydrogens (tertiary/aromatic N) is 1. The van der Waals surface area contributed by atoms with Crippen LogP contribution in [0.1, 0.15) is 51.4 Å². The average molecular weight is 278 g/mol. The first kappa shape index (κ1) is 13.1. The molecule has 2 unspecified atom stereocenters. The lowest BCUT2D eigenvalue weighted by molar-refractivity contribution is -0.152. The number of amides is 1. The lowest BCUT2D eigenvalue weighted by Gasteiger charge is -2.45. The Kier molecular flexibility index (Phi) is 3.08. The molecular weight excluding hydrogens is 252 g/mol. The van der Waals surface area contributed by atoms with E-state index in [1.54, 1.807) is 0 Å². The summed E-state index contributed by atoms with van der Waals surface area (Å²) in [6.45, 7) is 1.91. The maximum atomic E-state index is 13.3. The summed E-state index contributed by atoms with van der Waals surface area (Å²) in [7, 11) is 0. The molecule has 0 aromatic heterocycles. The largest absolute Gasteiger partial charge is 0.393 e. The van der Waals surface area contributed by atoms with Gasteiger partial charge in [0.1, 0.15) is 0 Å². The van der Waals surface area contributed by atoms with Crippen molar-refractivity contribution in [1.82, 2.24) is 10.2 Å². The number of aliphatic hydroxyl groups excluding tert-OH is 1. The van der Waals surface area contributed by atoms with Crippen LogP contribution in [0.15, 0.2) is 0 Å². The predicted octanol–water partition coefficient (Wildman–Crippen LogP) is 1.28. The molecule has 1 amide bonds. The monoisotopic (exact) mass is 278 g/mol. The van der Waals surface area contributed by atoms with E-state index in [2.05, 4.69) is 10.2 Å². The van der Waals surface area contributed by atoms with Gasteiger partial charge in [0.05, 0.1) is 11.5 Å². The fourth-order valence-electron chi connectivity index (χ4n) is 5.41. The van der Waals surface area contributed by atoms with E-state index in [1.807, 2.05) is 0 Å². The first-order valence-electron chi connectivity index (χ1n) is 8.42. The molecule has 4 rings (SSSR count). The molecule has 112 valence electrons. The minimum atomic E-state index is -0.182. The summed E-state index contributed by atoms with van der Waals surface area (Å²) in [5.74, 6) is 0.974. The van der Waals surface area contributed by atoms with Crippen molar-refractivity contribution in [3.05, 3.63) is 0 Å². The highest BCUT2D eigenvalue weighted by Gasteiger charge is 2.55. The number of carbonyl (C=O) groups is 1. The van der Waals surface area contributed by atoms with Crippen LogP contribution >= 0.6 is 0 Å². The minimum absolute atomic E-state index is 0.110. The summed E-state index contributed by atoms with van der Waals surface area (Å²) in [6.07, 6.45) is 8.39. The Labute approximate surface area is 120 Å². The molecule has 4 heteroatoms. The van der Waals surface area contributed by atoms with Gasteiger partial charge < -0.3 is 15.3 Å². The summed E-state index contributed by atoms with van der Waals surface area (Å²) >= 11 is 0. The number of aliphatic hydroxyl groups is 1. The van der Waals surface area contributed by atoms with Crippen LogP contribution in [0.2, 0.25) is 0 Å². The van der Waals surface area contributed by atoms with Gasteiger partial charge in [-0.25, -0.2) is 0 Å². The van der Waals surface area contributed by atoms with E-state index in [1.165, 1.54) is 19.3 Å². The van der Waals surface area contributed by atoms with Crippen LogP contribution in [0.3, 0.4) is 0 Å². The third-order valence-electron chi connectivity index (χ3n) is 6.41. The van der Waals surface area contributed by atoms with Crippen LogP contribution in [0.25, 0.3) is 0 Å². The van der Waals surface area contributed by atoms with Gasteiger partial charge in [0.15, 0.2) is 0 Å². The second-order valence-corrected chi connectivity index (χ2v) is 7.45. The molecule has 4 nitrogen and oxygen atoms in total. The molecule has 0 aromatic carbocycles. The zero-order valence-electron chi connectivity index (χ0n) is 12.2. The van der Waals surface area contributed by atoms with E-state index in [0.29, 0.717) is 23.9 Å². The lowest BCUT2D eigenvalue weighted by atomic mass is 9.67. The smallest absolute Gasteiger partial charge is 0.230 e. The summed E-state index contributed by atoms with van der Waals surface area (Å²) < 4.78 is 0. The van der Waals surface area contributed by atoms with Gasteiger partial charge in [-0.15, -0.1) is 0 Å². The standard InChI is InChI=1S/C16H26N2O2/c19-14-7-12-4-5-13(8-14)18(12)15(20)16-6-2-1-3-11(16)9-17-10-16/h11-14,17,19H,1-10H2/t11-,12?,13?,14?,16+/m0/s1. The Morgan fingerprint density at radius 3 is 2.65 bits per heavy atom. The molecule has 0 aromatic rings. The number of fused-ring (bicyclic) bond motifs is 3. The van der Waals surface area contributed by atoms with Crippen molar-refractivity contribution in [3.63, 3.8) is 0 Å². The highest BCUT2D eigenvalue weighted by Crippen LogP contribution is 2.48. The predicted molar refractivity (Wildman–Crippen MR) is 76.2 cm³/mol. The first-order chi connectivity index (χ1) is 9.71. The van der Waals surface area contributed by atoms with E-state index >= 15 is 0 Å².